The van der Waals surface area contributed by atoms with Crippen LogP contribution in [0.25, 0.3) is 5.70 Å². The van der Waals surface area contributed by atoms with Crippen molar-refractivity contribution in [3.8, 4) is 0 Å². The molecule has 140 valence electrons. The molecule has 27 heavy (non-hydrogen) atoms. The fourth-order valence-corrected chi connectivity index (χ4v) is 3.68. The van der Waals surface area contributed by atoms with E-state index in [-0.39, 0.29) is 12.0 Å². The summed E-state index contributed by atoms with van der Waals surface area (Å²) < 4.78 is 5.39. The second-order valence-corrected chi connectivity index (χ2v) is 7.18. The lowest BCUT2D eigenvalue weighted by atomic mass is 9.94. The van der Waals surface area contributed by atoms with Gasteiger partial charge in [0.1, 0.15) is 6.04 Å². The number of carbonyl (C=O) groups excluding carboxylic acids is 1. The highest BCUT2D eigenvalue weighted by atomic mass is 32.2. The van der Waals surface area contributed by atoms with Crippen LogP contribution < -0.4 is 5.32 Å². The molecule has 0 aromatic heterocycles. The van der Waals surface area contributed by atoms with Crippen LogP contribution >= 0.6 is 11.8 Å². The van der Waals surface area contributed by atoms with Crippen LogP contribution in [0.15, 0.2) is 71.2 Å². The van der Waals surface area contributed by atoms with Crippen LogP contribution in [0.5, 0.6) is 0 Å². The first kappa shape index (κ1) is 19.2. The molecule has 0 spiro atoms. The molecule has 0 radical (unpaired) electrons. The molecule has 3 rings (SSSR count). The first-order valence-electron chi connectivity index (χ1n) is 9.23. The molecule has 1 aliphatic rings. The van der Waals surface area contributed by atoms with Crippen LogP contribution in [0.2, 0.25) is 0 Å². The number of ether oxygens (including phenoxy) is 1. The minimum absolute atomic E-state index is 0.326. The molecule has 1 heterocycles. The standard InChI is InChI=1S/C22H24N2O2S/c1-3-15-27-22-23-19(16-11-7-5-8-12-16)18(21(25)26-4-2)20(24-22)17-13-9-6-10-14-17/h5-14,19H,3-4,15H2,1-2H3,(H,23,24)/t19-/m1/s1. The van der Waals surface area contributed by atoms with E-state index < -0.39 is 0 Å². The first-order chi connectivity index (χ1) is 13.2. The lowest BCUT2D eigenvalue weighted by molar-refractivity contribution is -0.138. The lowest BCUT2D eigenvalue weighted by Gasteiger charge is -2.27. The van der Waals surface area contributed by atoms with Crippen molar-refractivity contribution in [1.82, 2.24) is 5.32 Å². The maximum Gasteiger partial charge on any atom is 0.338 e. The zero-order chi connectivity index (χ0) is 19.1. The number of hydrogen-bond donors (Lipinski definition) is 1. The number of thioether (sulfide) groups is 1. The fourth-order valence-electron chi connectivity index (χ4n) is 2.93. The Kier molecular flexibility index (Phi) is 6.71. The average molecular weight is 381 g/mol. The van der Waals surface area contributed by atoms with Crippen LogP contribution in [0.4, 0.5) is 0 Å². The summed E-state index contributed by atoms with van der Waals surface area (Å²) in [6, 6.07) is 19.4. The maximum atomic E-state index is 12.9. The van der Waals surface area contributed by atoms with Gasteiger partial charge in [-0.15, -0.1) is 0 Å². The van der Waals surface area contributed by atoms with E-state index in [0.717, 1.165) is 34.2 Å². The molecule has 1 atom stereocenters. The topological polar surface area (TPSA) is 50.7 Å². The molecule has 0 bridgehead atoms. The van der Waals surface area contributed by atoms with Gasteiger partial charge in [0.2, 0.25) is 0 Å². The molecule has 0 saturated carbocycles. The Balaban J connectivity index is 2.13. The Bertz CT molecular complexity index is 832. The number of hydrogen-bond acceptors (Lipinski definition) is 5. The van der Waals surface area contributed by atoms with Crippen LogP contribution in [0.3, 0.4) is 0 Å². The van der Waals surface area contributed by atoms with Crippen molar-refractivity contribution in [2.24, 2.45) is 4.99 Å². The second-order valence-electron chi connectivity index (χ2n) is 6.10. The predicted molar refractivity (Wildman–Crippen MR) is 112 cm³/mol. The van der Waals surface area contributed by atoms with Crippen LogP contribution in [-0.2, 0) is 9.53 Å². The first-order valence-corrected chi connectivity index (χ1v) is 10.2. The SMILES string of the molecule is CCCSC1=N[C@H](c2ccccc2)C(C(=O)OCC)=C(c2ccccc2)N1. The van der Waals surface area contributed by atoms with Crippen LogP contribution in [0, 0.1) is 0 Å². The molecule has 4 nitrogen and oxygen atoms in total. The smallest absolute Gasteiger partial charge is 0.338 e. The number of nitrogens with zero attached hydrogens (tertiary/aromatic N) is 1. The van der Waals surface area contributed by atoms with E-state index in [1.165, 1.54) is 0 Å². The molecule has 0 aliphatic carbocycles. The third kappa shape index (κ3) is 4.61. The summed E-state index contributed by atoms with van der Waals surface area (Å²) in [5.41, 5.74) is 3.25. The van der Waals surface area contributed by atoms with Crippen LogP contribution in [-0.4, -0.2) is 23.5 Å². The minimum atomic E-state index is -0.388. The van der Waals surface area contributed by atoms with Gasteiger partial charge in [0.25, 0.3) is 0 Å². The Morgan fingerprint density at radius 3 is 2.37 bits per heavy atom. The van der Waals surface area contributed by atoms with Crippen molar-refractivity contribution < 1.29 is 9.53 Å². The molecule has 0 amide bonds. The number of rotatable bonds is 6. The highest BCUT2D eigenvalue weighted by molar-refractivity contribution is 8.13. The molecular formula is C22H24N2O2S. The number of aliphatic imine (C=N–C) groups is 1. The van der Waals surface area contributed by atoms with Crippen molar-refractivity contribution in [2.75, 3.05) is 12.4 Å². The van der Waals surface area contributed by atoms with E-state index in [9.17, 15) is 4.79 Å². The third-order valence-corrected chi connectivity index (χ3v) is 5.23. The summed E-state index contributed by atoms with van der Waals surface area (Å²) in [4.78, 5) is 17.7. The summed E-state index contributed by atoms with van der Waals surface area (Å²) >= 11 is 1.67. The van der Waals surface area contributed by atoms with Crippen molar-refractivity contribution in [3.05, 3.63) is 77.4 Å². The summed E-state index contributed by atoms with van der Waals surface area (Å²) in [6.07, 6.45) is 1.05. The number of carbonyl (C=O) groups is 1. The number of amidine groups is 1. The Labute approximate surface area is 164 Å². The average Bonchev–Trinajstić information content (AvgIpc) is 2.73. The molecule has 0 fully saturated rings. The zero-order valence-corrected chi connectivity index (χ0v) is 16.5. The summed E-state index contributed by atoms with van der Waals surface area (Å²) in [6.45, 7) is 4.29. The second kappa shape index (κ2) is 9.42. The summed E-state index contributed by atoms with van der Waals surface area (Å²) in [5, 5.41) is 4.22. The van der Waals surface area contributed by atoms with Crippen molar-refractivity contribution in [1.29, 1.82) is 0 Å². The highest BCUT2D eigenvalue weighted by Crippen LogP contribution is 2.36. The molecule has 2 aromatic rings. The van der Waals surface area contributed by atoms with E-state index in [1.54, 1.807) is 11.8 Å². The van der Waals surface area contributed by atoms with Gasteiger partial charge in [-0.1, -0.05) is 79.3 Å². The third-order valence-electron chi connectivity index (χ3n) is 4.14. The molecule has 0 unspecified atom stereocenters. The summed E-state index contributed by atoms with van der Waals surface area (Å²) in [7, 11) is 0. The number of benzene rings is 2. The van der Waals surface area contributed by atoms with E-state index in [1.807, 2.05) is 67.6 Å². The number of esters is 1. The van der Waals surface area contributed by atoms with Gasteiger partial charge in [-0.3, -0.25) is 0 Å². The van der Waals surface area contributed by atoms with E-state index in [2.05, 4.69) is 12.2 Å². The molecule has 1 aliphatic heterocycles. The maximum absolute atomic E-state index is 12.9. The van der Waals surface area contributed by atoms with Gasteiger partial charge >= 0.3 is 5.97 Å². The summed E-state index contributed by atoms with van der Waals surface area (Å²) in [5.74, 6) is 0.630. The van der Waals surface area contributed by atoms with Crippen LogP contribution in [0.1, 0.15) is 37.4 Å². The van der Waals surface area contributed by atoms with Gasteiger partial charge in [0, 0.05) is 5.75 Å². The highest BCUT2D eigenvalue weighted by Gasteiger charge is 2.32. The molecule has 2 aromatic carbocycles. The lowest BCUT2D eigenvalue weighted by Crippen LogP contribution is -2.31. The Hall–Kier alpha value is -2.53. The zero-order valence-electron chi connectivity index (χ0n) is 15.6. The predicted octanol–water partition coefficient (Wildman–Crippen LogP) is 4.80. The van der Waals surface area contributed by atoms with Crippen molar-refractivity contribution >= 4 is 28.6 Å². The van der Waals surface area contributed by atoms with Crippen molar-refractivity contribution in [3.63, 3.8) is 0 Å². The fraction of sp³-hybridized carbons (Fsp3) is 0.273. The molecular weight excluding hydrogens is 356 g/mol. The minimum Gasteiger partial charge on any atom is -0.463 e. The van der Waals surface area contributed by atoms with E-state index in [0.29, 0.717) is 12.2 Å². The van der Waals surface area contributed by atoms with Gasteiger partial charge in [0.05, 0.1) is 17.9 Å². The molecule has 0 saturated heterocycles. The number of nitrogens with one attached hydrogen (secondary N) is 1. The van der Waals surface area contributed by atoms with Crippen molar-refractivity contribution in [2.45, 2.75) is 26.3 Å². The van der Waals surface area contributed by atoms with Gasteiger partial charge in [-0.25, -0.2) is 9.79 Å². The quantitative estimate of drug-likeness (QED) is 0.731. The Morgan fingerprint density at radius 1 is 1.07 bits per heavy atom. The monoisotopic (exact) mass is 380 g/mol. The molecule has 5 heteroatoms. The van der Waals surface area contributed by atoms with Gasteiger partial charge in [-0.05, 0) is 24.5 Å². The largest absolute Gasteiger partial charge is 0.463 e. The van der Waals surface area contributed by atoms with Gasteiger partial charge in [-0.2, -0.15) is 0 Å². The molecule has 1 N–H and O–H groups in total. The normalized spacial score (nSPS) is 16.5. The van der Waals surface area contributed by atoms with Gasteiger partial charge < -0.3 is 10.1 Å². The van der Waals surface area contributed by atoms with Gasteiger partial charge in [0.15, 0.2) is 5.17 Å². The van der Waals surface area contributed by atoms with E-state index in [4.69, 9.17) is 9.73 Å². The Morgan fingerprint density at radius 2 is 1.74 bits per heavy atom. The van der Waals surface area contributed by atoms with E-state index >= 15 is 0 Å².